The highest BCUT2D eigenvalue weighted by Gasteiger charge is 2.04. The Balaban J connectivity index is 3.33. The van der Waals surface area contributed by atoms with Crippen molar-refractivity contribution in [1.29, 1.82) is 0 Å². The van der Waals surface area contributed by atoms with Crippen molar-refractivity contribution in [1.82, 2.24) is 4.72 Å². The van der Waals surface area contributed by atoms with E-state index in [1.54, 1.807) is 6.92 Å². The van der Waals surface area contributed by atoms with Crippen LogP contribution in [0.3, 0.4) is 0 Å². The lowest BCUT2D eigenvalue weighted by molar-refractivity contribution is 0.472. The smallest absolute Gasteiger partial charge is 0.0499 e. The minimum Gasteiger partial charge on any atom is -0.329 e. The first kappa shape index (κ1) is 9.19. The van der Waals surface area contributed by atoms with Gasteiger partial charge in [-0.1, -0.05) is 0 Å². The molecule has 0 atom stereocenters. The largest absolute Gasteiger partial charge is 0.329 e. The number of hydrogen-bond acceptors (Lipinski definition) is 4. The zero-order chi connectivity index (χ0) is 7.33. The Morgan fingerprint density at radius 2 is 2.11 bits per heavy atom. The molecule has 0 aliphatic heterocycles. The highest BCUT2D eigenvalue weighted by Crippen LogP contribution is 2.31. The van der Waals surface area contributed by atoms with E-state index in [1.165, 1.54) is 0 Å². The Morgan fingerprint density at radius 1 is 1.56 bits per heavy atom. The Kier molecular flexibility index (Phi) is 4.16. The number of nitrogens with two attached hydrogens (primary N) is 1. The summed E-state index contributed by atoms with van der Waals surface area (Å²) >= 11 is 0. The molecule has 0 rings (SSSR count). The van der Waals surface area contributed by atoms with Crippen LogP contribution in [0.4, 0.5) is 0 Å². The van der Waals surface area contributed by atoms with E-state index >= 15 is 0 Å². The van der Waals surface area contributed by atoms with Crippen LogP contribution in [0.1, 0.15) is 6.92 Å². The number of hydrogen-bond donors (Lipinski definition) is 4. The maximum atomic E-state index is 8.93. The van der Waals surface area contributed by atoms with Crippen molar-refractivity contribution in [2.75, 3.05) is 18.8 Å². The van der Waals surface area contributed by atoms with E-state index in [0.29, 0.717) is 18.8 Å². The van der Waals surface area contributed by atoms with E-state index in [2.05, 4.69) is 4.72 Å². The molecule has 0 fully saturated rings. The average molecular weight is 154 g/mol. The van der Waals surface area contributed by atoms with Gasteiger partial charge in [-0.25, -0.2) is 4.72 Å². The van der Waals surface area contributed by atoms with Crippen molar-refractivity contribution in [3.63, 3.8) is 0 Å². The first-order valence-corrected chi connectivity index (χ1v) is 4.54. The SMILES string of the molecule is CCS(O)(O)NCCN. The van der Waals surface area contributed by atoms with Crippen LogP contribution in [-0.4, -0.2) is 27.9 Å². The third-order valence-electron chi connectivity index (χ3n) is 0.880. The second-order valence-corrected chi connectivity index (χ2v) is 3.84. The van der Waals surface area contributed by atoms with Crippen LogP contribution in [-0.2, 0) is 0 Å². The topological polar surface area (TPSA) is 78.5 Å². The van der Waals surface area contributed by atoms with Gasteiger partial charge in [-0.2, -0.15) is 0 Å². The molecule has 0 unspecified atom stereocenters. The van der Waals surface area contributed by atoms with Gasteiger partial charge in [0.1, 0.15) is 0 Å². The predicted molar refractivity (Wildman–Crippen MR) is 40.4 cm³/mol. The minimum absolute atomic E-state index is 0.340. The van der Waals surface area contributed by atoms with Crippen molar-refractivity contribution in [2.45, 2.75) is 6.92 Å². The molecule has 0 saturated carbocycles. The quantitative estimate of drug-likeness (QED) is 0.467. The van der Waals surface area contributed by atoms with Crippen LogP contribution < -0.4 is 10.5 Å². The van der Waals surface area contributed by atoms with E-state index in [-0.39, 0.29) is 0 Å². The van der Waals surface area contributed by atoms with Gasteiger partial charge in [-0.05, 0) is 6.92 Å². The minimum atomic E-state index is -2.51. The average Bonchev–Trinajstić information content (AvgIpc) is 1.84. The van der Waals surface area contributed by atoms with Gasteiger partial charge in [0.2, 0.25) is 0 Å². The molecule has 0 heterocycles. The fraction of sp³-hybridized carbons (Fsp3) is 1.00. The van der Waals surface area contributed by atoms with Crippen LogP contribution in [0.5, 0.6) is 0 Å². The molecule has 0 aliphatic carbocycles. The van der Waals surface area contributed by atoms with Gasteiger partial charge in [-0.3, -0.25) is 9.11 Å². The Bertz CT molecular complexity index is 79.0. The summed E-state index contributed by atoms with van der Waals surface area (Å²) in [6, 6.07) is 0. The van der Waals surface area contributed by atoms with Gasteiger partial charge in [-0.15, -0.1) is 10.8 Å². The van der Waals surface area contributed by atoms with Crippen LogP contribution in [0, 0.1) is 0 Å². The van der Waals surface area contributed by atoms with Gasteiger partial charge < -0.3 is 5.73 Å². The molecule has 0 aromatic rings. The Hall–Kier alpha value is 0.190. The van der Waals surface area contributed by atoms with E-state index in [1.807, 2.05) is 0 Å². The molecule has 0 aromatic heterocycles. The Morgan fingerprint density at radius 3 is 2.44 bits per heavy atom. The Labute approximate surface area is 56.9 Å². The third-order valence-corrected chi connectivity index (χ3v) is 2.35. The van der Waals surface area contributed by atoms with Gasteiger partial charge in [0.05, 0.1) is 0 Å². The summed E-state index contributed by atoms with van der Waals surface area (Å²) < 4.78 is 20.4. The van der Waals surface area contributed by atoms with Crippen molar-refractivity contribution in [3.05, 3.63) is 0 Å². The first-order valence-electron chi connectivity index (χ1n) is 2.83. The second-order valence-electron chi connectivity index (χ2n) is 1.64. The lowest BCUT2D eigenvalue weighted by Gasteiger charge is -2.31. The van der Waals surface area contributed by atoms with E-state index in [9.17, 15) is 0 Å². The lowest BCUT2D eigenvalue weighted by Crippen LogP contribution is -2.27. The third kappa shape index (κ3) is 4.68. The summed E-state index contributed by atoms with van der Waals surface area (Å²) in [5, 5.41) is 0. The van der Waals surface area contributed by atoms with E-state index in [4.69, 9.17) is 14.8 Å². The van der Waals surface area contributed by atoms with Crippen molar-refractivity contribution in [2.24, 2.45) is 5.73 Å². The molecule has 0 aliphatic rings. The summed E-state index contributed by atoms with van der Waals surface area (Å²) in [6.45, 7) is 2.59. The molecule has 58 valence electrons. The van der Waals surface area contributed by atoms with Gasteiger partial charge in [0.25, 0.3) is 0 Å². The van der Waals surface area contributed by atoms with Crippen molar-refractivity contribution < 1.29 is 9.11 Å². The predicted octanol–water partition coefficient (Wildman–Crippen LogP) is 0.220. The maximum Gasteiger partial charge on any atom is 0.0499 e. The summed E-state index contributed by atoms with van der Waals surface area (Å²) in [4.78, 5) is 0. The molecule has 0 bridgehead atoms. The molecule has 0 amide bonds. The highest BCUT2D eigenvalue weighted by molar-refractivity contribution is 8.22. The van der Waals surface area contributed by atoms with E-state index < -0.39 is 10.8 Å². The van der Waals surface area contributed by atoms with Crippen LogP contribution >= 0.6 is 10.8 Å². The maximum absolute atomic E-state index is 8.93. The molecule has 5 N–H and O–H groups in total. The molecular formula is C4H14N2O2S. The fourth-order valence-electron chi connectivity index (χ4n) is 0.324. The van der Waals surface area contributed by atoms with Crippen LogP contribution in [0.15, 0.2) is 0 Å². The lowest BCUT2D eigenvalue weighted by atomic mass is 10.7. The molecular weight excluding hydrogens is 140 g/mol. The molecule has 0 saturated heterocycles. The highest BCUT2D eigenvalue weighted by atomic mass is 32.3. The summed E-state index contributed by atoms with van der Waals surface area (Å²) in [5.41, 5.74) is 5.12. The number of rotatable bonds is 4. The summed E-state index contributed by atoms with van der Waals surface area (Å²) in [6.07, 6.45) is 0. The van der Waals surface area contributed by atoms with Gasteiger partial charge >= 0.3 is 0 Å². The summed E-state index contributed by atoms with van der Waals surface area (Å²) in [7, 11) is -2.51. The molecule has 5 heteroatoms. The van der Waals surface area contributed by atoms with E-state index in [0.717, 1.165) is 0 Å². The normalized spacial score (nSPS) is 13.8. The first-order chi connectivity index (χ1) is 4.12. The zero-order valence-corrected chi connectivity index (χ0v) is 6.32. The standard InChI is InChI=1S/C4H14N2O2S/c1-2-9(7,8)6-4-3-5/h6-8H,2-5H2,1H3. The van der Waals surface area contributed by atoms with Crippen LogP contribution in [0.25, 0.3) is 0 Å². The van der Waals surface area contributed by atoms with Crippen molar-refractivity contribution >= 4 is 10.8 Å². The van der Waals surface area contributed by atoms with Crippen LogP contribution in [0.2, 0.25) is 0 Å². The van der Waals surface area contributed by atoms with Gasteiger partial charge in [0, 0.05) is 18.8 Å². The van der Waals surface area contributed by atoms with Gasteiger partial charge in [0.15, 0.2) is 0 Å². The molecule has 0 aromatic carbocycles. The molecule has 9 heavy (non-hydrogen) atoms. The summed E-state index contributed by atoms with van der Waals surface area (Å²) in [5.74, 6) is 0.340. The monoisotopic (exact) mass is 154 g/mol. The second kappa shape index (κ2) is 4.08. The fourth-order valence-corrected chi connectivity index (χ4v) is 0.973. The molecule has 0 radical (unpaired) electrons. The number of nitrogens with one attached hydrogen (secondary N) is 1. The molecule has 4 nitrogen and oxygen atoms in total. The zero-order valence-electron chi connectivity index (χ0n) is 5.50. The molecule has 0 spiro atoms. The van der Waals surface area contributed by atoms with Crippen molar-refractivity contribution in [3.8, 4) is 0 Å².